The van der Waals surface area contributed by atoms with Crippen LogP contribution in [-0.2, 0) is 12.3 Å². The van der Waals surface area contributed by atoms with Crippen LogP contribution in [0.25, 0.3) is 0 Å². The number of pyridine rings is 1. The van der Waals surface area contributed by atoms with Crippen molar-refractivity contribution in [2.75, 3.05) is 0 Å². The summed E-state index contributed by atoms with van der Waals surface area (Å²) in [4.78, 5) is 16.8. The van der Waals surface area contributed by atoms with E-state index in [1.54, 1.807) is 42.6 Å². The molecule has 0 aliphatic heterocycles. The van der Waals surface area contributed by atoms with E-state index < -0.39 is 0 Å². The summed E-state index contributed by atoms with van der Waals surface area (Å²) in [6.07, 6.45) is 1.63. The van der Waals surface area contributed by atoms with E-state index in [1.165, 1.54) is 36.0 Å². The molecule has 0 saturated heterocycles. The van der Waals surface area contributed by atoms with Crippen LogP contribution in [0.1, 0.15) is 21.5 Å². The van der Waals surface area contributed by atoms with Crippen molar-refractivity contribution in [1.29, 1.82) is 0 Å². The molecule has 2 aromatic carbocycles. The molecule has 0 unspecified atom stereocenters. The molecule has 26 heavy (non-hydrogen) atoms. The lowest BCUT2D eigenvalue weighted by Crippen LogP contribution is -2.23. The zero-order valence-electron chi connectivity index (χ0n) is 13.8. The zero-order chi connectivity index (χ0) is 18.4. The minimum Gasteiger partial charge on any atom is -0.348 e. The van der Waals surface area contributed by atoms with E-state index in [1.807, 2.05) is 0 Å². The standard InChI is InChI=1S/C20H16F2N2OS/c21-16-7-3-14(4-8-16)12-24-19(25)18-2-1-11-23-20(18)26-13-15-5-9-17(22)10-6-15/h1-11H,12-13H2,(H,24,25). The summed E-state index contributed by atoms with van der Waals surface area (Å²) in [5.74, 6) is -0.261. The molecule has 0 radical (unpaired) electrons. The Hall–Kier alpha value is -2.73. The van der Waals surface area contributed by atoms with Crippen LogP contribution < -0.4 is 5.32 Å². The Morgan fingerprint density at radius 3 is 2.19 bits per heavy atom. The van der Waals surface area contributed by atoms with Crippen molar-refractivity contribution < 1.29 is 13.6 Å². The topological polar surface area (TPSA) is 42.0 Å². The fraction of sp³-hybridized carbons (Fsp3) is 0.100. The van der Waals surface area contributed by atoms with E-state index in [-0.39, 0.29) is 17.5 Å². The van der Waals surface area contributed by atoms with E-state index in [4.69, 9.17) is 0 Å². The number of rotatable bonds is 6. The highest BCUT2D eigenvalue weighted by molar-refractivity contribution is 7.98. The van der Waals surface area contributed by atoms with Crippen molar-refractivity contribution >= 4 is 17.7 Å². The van der Waals surface area contributed by atoms with Crippen LogP contribution in [0.3, 0.4) is 0 Å². The smallest absolute Gasteiger partial charge is 0.254 e. The number of carbonyl (C=O) groups excluding carboxylic acids is 1. The summed E-state index contributed by atoms with van der Waals surface area (Å²) < 4.78 is 25.9. The average molecular weight is 370 g/mol. The number of hydrogen-bond donors (Lipinski definition) is 1. The van der Waals surface area contributed by atoms with Gasteiger partial charge in [-0.3, -0.25) is 4.79 Å². The Labute approximate surface area is 154 Å². The first-order valence-corrected chi connectivity index (χ1v) is 8.95. The van der Waals surface area contributed by atoms with Gasteiger partial charge in [0.2, 0.25) is 0 Å². The van der Waals surface area contributed by atoms with E-state index in [2.05, 4.69) is 10.3 Å². The third kappa shape index (κ3) is 4.89. The van der Waals surface area contributed by atoms with Crippen LogP contribution in [0.2, 0.25) is 0 Å². The molecule has 0 bridgehead atoms. The largest absolute Gasteiger partial charge is 0.348 e. The maximum Gasteiger partial charge on any atom is 0.254 e. The third-order valence-electron chi connectivity index (χ3n) is 3.67. The molecule has 1 N–H and O–H groups in total. The summed E-state index contributed by atoms with van der Waals surface area (Å²) >= 11 is 1.41. The van der Waals surface area contributed by atoms with Crippen LogP contribution in [0, 0.1) is 11.6 Å². The lowest BCUT2D eigenvalue weighted by molar-refractivity contribution is 0.0947. The monoisotopic (exact) mass is 370 g/mol. The van der Waals surface area contributed by atoms with Gasteiger partial charge in [-0.25, -0.2) is 13.8 Å². The fourth-order valence-electron chi connectivity index (χ4n) is 2.29. The van der Waals surface area contributed by atoms with Gasteiger partial charge in [-0.15, -0.1) is 11.8 Å². The van der Waals surface area contributed by atoms with E-state index in [0.29, 0.717) is 22.9 Å². The van der Waals surface area contributed by atoms with Crippen molar-refractivity contribution in [3.05, 3.63) is 95.2 Å². The van der Waals surface area contributed by atoms with Gasteiger partial charge in [-0.05, 0) is 47.5 Å². The van der Waals surface area contributed by atoms with Gasteiger partial charge in [0.1, 0.15) is 16.7 Å². The lowest BCUT2D eigenvalue weighted by Gasteiger charge is -2.09. The summed E-state index contributed by atoms with van der Waals surface area (Å²) in [6, 6.07) is 15.6. The number of carbonyl (C=O) groups is 1. The third-order valence-corrected chi connectivity index (χ3v) is 4.75. The molecule has 3 nitrogen and oxygen atoms in total. The predicted molar refractivity (Wildman–Crippen MR) is 97.8 cm³/mol. The molecule has 0 fully saturated rings. The molecule has 1 amide bonds. The molecular formula is C20H16F2N2OS. The van der Waals surface area contributed by atoms with E-state index in [0.717, 1.165) is 11.1 Å². The SMILES string of the molecule is O=C(NCc1ccc(F)cc1)c1cccnc1SCc1ccc(F)cc1. The average Bonchev–Trinajstić information content (AvgIpc) is 2.67. The molecule has 132 valence electrons. The van der Waals surface area contributed by atoms with Gasteiger partial charge in [-0.1, -0.05) is 24.3 Å². The van der Waals surface area contributed by atoms with Crippen molar-refractivity contribution in [2.24, 2.45) is 0 Å². The molecule has 0 saturated carbocycles. The predicted octanol–water partition coefficient (Wildman–Crippen LogP) is 4.58. The first kappa shape index (κ1) is 18.1. The number of amides is 1. The molecule has 1 heterocycles. The molecule has 0 atom stereocenters. The van der Waals surface area contributed by atoms with E-state index in [9.17, 15) is 13.6 Å². The Morgan fingerprint density at radius 2 is 1.54 bits per heavy atom. The first-order chi connectivity index (χ1) is 12.6. The van der Waals surface area contributed by atoms with Gasteiger partial charge in [0.15, 0.2) is 0 Å². The normalized spacial score (nSPS) is 10.5. The highest BCUT2D eigenvalue weighted by atomic mass is 32.2. The maximum atomic E-state index is 13.0. The second kappa shape index (κ2) is 8.58. The lowest BCUT2D eigenvalue weighted by atomic mass is 10.2. The second-order valence-electron chi connectivity index (χ2n) is 5.58. The number of thioether (sulfide) groups is 1. The summed E-state index contributed by atoms with van der Waals surface area (Å²) in [7, 11) is 0. The highest BCUT2D eigenvalue weighted by Crippen LogP contribution is 2.24. The number of nitrogens with one attached hydrogen (secondary N) is 1. The first-order valence-electron chi connectivity index (χ1n) is 7.97. The van der Waals surface area contributed by atoms with E-state index >= 15 is 0 Å². The Kier molecular flexibility index (Phi) is 5.96. The minimum atomic E-state index is -0.313. The van der Waals surface area contributed by atoms with Crippen LogP contribution in [-0.4, -0.2) is 10.9 Å². The minimum absolute atomic E-state index is 0.246. The Bertz CT molecular complexity index is 883. The Balaban J connectivity index is 1.64. The summed E-state index contributed by atoms with van der Waals surface area (Å²) in [6.45, 7) is 0.302. The molecule has 0 aliphatic carbocycles. The molecule has 3 rings (SSSR count). The van der Waals surface area contributed by atoms with Crippen LogP contribution in [0.5, 0.6) is 0 Å². The molecule has 1 aromatic heterocycles. The number of benzene rings is 2. The quantitative estimate of drug-likeness (QED) is 0.646. The van der Waals surface area contributed by atoms with Crippen LogP contribution in [0.15, 0.2) is 71.9 Å². The van der Waals surface area contributed by atoms with Gasteiger partial charge in [0.05, 0.1) is 5.56 Å². The van der Waals surface area contributed by atoms with Crippen LogP contribution in [0.4, 0.5) is 8.78 Å². The number of nitrogens with zero attached hydrogens (tertiary/aromatic N) is 1. The molecule has 6 heteroatoms. The zero-order valence-corrected chi connectivity index (χ0v) is 14.6. The Morgan fingerprint density at radius 1 is 0.923 bits per heavy atom. The van der Waals surface area contributed by atoms with Gasteiger partial charge >= 0.3 is 0 Å². The van der Waals surface area contributed by atoms with Crippen LogP contribution >= 0.6 is 11.8 Å². The van der Waals surface area contributed by atoms with Gasteiger partial charge < -0.3 is 5.32 Å². The summed E-state index contributed by atoms with van der Waals surface area (Å²) in [5, 5.41) is 3.42. The number of aromatic nitrogens is 1. The molecule has 3 aromatic rings. The number of hydrogen-bond acceptors (Lipinski definition) is 3. The number of halogens is 2. The van der Waals surface area contributed by atoms with Gasteiger partial charge in [0.25, 0.3) is 5.91 Å². The molecule has 0 spiro atoms. The maximum absolute atomic E-state index is 13.0. The molecule has 0 aliphatic rings. The van der Waals surface area contributed by atoms with Crippen molar-refractivity contribution in [3.63, 3.8) is 0 Å². The highest BCUT2D eigenvalue weighted by Gasteiger charge is 2.12. The van der Waals surface area contributed by atoms with Gasteiger partial charge in [0, 0.05) is 18.5 Å². The molecular weight excluding hydrogens is 354 g/mol. The van der Waals surface area contributed by atoms with Gasteiger partial charge in [-0.2, -0.15) is 0 Å². The van der Waals surface area contributed by atoms with Crippen molar-refractivity contribution in [3.8, 4) is 0 Å². The van der Waals surface area contributed by atoms with Crippen molar-refractivity contribution in [2.45, 2.75) is 17.3 Å². The van der Waals surface area contributed by atoms with Crippen molar-refractivity contribution in [1.82, 2.24) is 10.3 Å². The fourth-order valence-corrected chi connectivity index (χ4v) is 3.24. The summed E-state index contributed by atoms with van der Waals surface area (Å²) in [5.41, 5.74) is 2.23. The second-order valence-corrected chi connectivity index (χ2v) is 6.54.